The van der Waals surface area contributed by atoms with Gasteiger partial charge in [0.15, 0.2) is 6.23 Å². The smallest absolute Gasteiger partial charge is 0.410 e. The molecule has 4 aromatic rings. The number of fused-ring (bicyclic) bond motifs is 1. The predicted molar refractivity (Wildman–Crippen MR) is 192 cm³/mol. The van der Waals surface area contributed by atoms with Crippen molar-refractivity contribution >= 4 is 34.1 Å². The van der Waals surface area contributed by atoms with Gasteiger partial charge in [-0.2, -0.15) is 5.10 Å². The monoisotopic (exact) mass is 665 g/mol. The Morgan fingerprint density at radius 1 is 1.06 bits per heavy atom. The van der Waals surface area contributed by atoms with E-state index < -0.39 is 17.7 Å². The molecule has 0 radical (unpaired) electrons. The van der Waals surface area contributed by atoms with Gasteiger partial charge in [0.1, 0.15) is 18.0 Å². The summed E-state index contributed by atoms with van der Waals surface area (Å²) < 4.78 is 19.6. The lowest BCUT2D eigenvalue weighted by Gasteiger charge is -2.26. The Kier molecular flexibility index (Phi) is 11.6. The highest BCUT2D eigenvalue weighted by molar-refractivity contribution is 6.01. The number of ether oxygens (including phenoxy) is 3. The number of hydrogen-bond acceptors (Lipinski definition) is 6. The van der Waals surface area contributed by atoms with Gasteiger partial charge in [-0.15, -0.1) is 0 Å². The largest absolute Gasteiger partial charge is 0.492 e. The minimum Gasteiger partial charge on any atom is -0.492 e. The van der Waals surface area contributed by atoms with Gasteiger partial charge >= 0.3 is 12.1 Å². The molecule has 1 fully saturated rings. The Morgan fingerprint density at radius 2 is 1.82 bits per heavy atom. The number of aryl methyl sites for hydroxylation is 1. The van der Waals surface area contributed by atoms with Crippen molar-refractivity contribution in [3.63, 3.8) is 0 Å². The number of aromatic nitrogens is 2. The average molecular weight is 666 g/mol. The summed E-state index contributed by atoms with van der Waals surface area (Å²) >= 11 is 0. The van der Waals surface area contributed by atoms with E-state index in [1.54, 1.807) is 20.8 Å². The first-order valence-corrected chi connectivity index (χ1v) is 17.0. The van der Waals surface area contributed by atoms with Crippen LogP contribution in [-0.2, 0) is 14.3 Å². The van der Waals surface area contributed by atoms with Gasteiger partial charge in [0.05, 0.1) is 18.3 Å². The Balaban J connectivity index is 1.42. The maximum atomic E-state index is 12.8. The van der Waals surface area contributed by atoms with E-state index in [0.29, 0.717) is 5.75 Å². The van der Waals surface area contributed by atoms with Gasteiger partial charge in [0, 0.05) is 24.6 Å². The maximum absolute atomic E-state index is 12.8. The molecule has 9 nitrogen and oxygen atoms in total. The third-order valence-electron chi connectivity index (χ3n) is 8.45. The van der Waals surface area contributed by atoms with Crippen molar-refractivity contribution in [3.8, 4) is 5.75 Å². The fourth-order valence-electron chi connectivity index (χ4n) is 6.14. The summed E-state index contributed by atoms with van der Waals surface area (Å²) in [4.78, 5) is 25.2. The van der Waals surface area contributed by atoms with Gasteiger partial charge in [-0.1, -0.05) is 55.5 Å². The number of carbonyl (C=O) groups excluding carboxylic acids is 1. The molecular formula is C40H47N3O6. The summed E-state index contributed by atoms with van der Waals surface area (Å²) in [6.07, 6.45) is 7.83. The third-order valence-corrected chi connectivity index (χ3v) is 8.45. The van der Waals surface area contributed by atoms with Crippen LogP contribution in [0.15, 0.2) is 85.1 Å². The van der Waals surface area contributed by atoms with E-state index in [9.17, 15) is 9.59 Å². The minimum atomic E-state index is -1.08. The molecule has 1 aliphatic rings. The molecule has 1 saturated heterocycles. The molecule has 1 N–H and O–H groups in total. The van der Waals surface area contributed by atoms with Crippen LogP contribution in [0, 0.1) is 6.92 Å². The van der Waals surface area contributed by atoms with Crippen LogP contribution in [-0.4, -0.2) is 63.8 Å². The summed E-state index contributed by atoms with van der Waals surface area (Å²) in [5.74, 6) is -0.418. The Labute approximate surface area is 288 Å². The average Bonchev–Trinajstić information content (AvgIpc) is 3.50. The van der Waals surface area contributed by atoms with E-state index in [-0.39, 0.29) is 25.9 Å². The number of rotatable bonds is 12. The number of benzene rings is 3. The van der Waals surface area contributed by atoms with Crippen molar-refractivity contribution < 1.29 is 28.9 Å². The summed E-state index contributed by atoms with van der Waals surface area (Å²) in [6, 6.07) is 23.1. The second kappa shape index (κ2) is 16.0. The normalized spacial score (nSPS) is 15.7. The zero-order valence-electron chi connectivity index (χ0n) is 29.1. The zero-order chi connectivity index (χ0) is 35.0. The van der Waals surface area contributed by atoms with Crippen molar-refractivity contribution in [3.05, 3.63) is 107 Å². The summed E-state index contributed by atoms with van der Waals surface area (Å²) in [5, 5.41) is 14.8. The van der Waals surface area contributed by atoms with Gasteiger partial charge in [0.25, 0.3) is 0 Å². The molecular weight excluding hydrogens is 618 g/mol. The lowest BCUT2D eigenvalue weighted by molar-refractivity contribution is -0.131. The van der Waals surface area contributed by atoms with E-state index in [0.717, 1.165) is 66.0 Å². The van der Waals surface area contributed by atoms with Crippen LogP contribution in [0.2, 0.25) is 0 Å². The number of amides is 1. The van der Waals surface area contributed by atoms with E-state index >= 15 is 0 Å². The van der Waals surface area contributed by atoms with Crippen LogP contribution >= 0.6 is 0 Å². The fraction of sp³-hybridized carbons (Fsp3) is 0.375. The molecule has 49 heavy (non-hydrogen) atoms. The van der Waals surface area contributed by atoms with Gasteiger partial charge in [-0.05, 0) is 111 Å². The molecule has 0 bridgehead atoms. The van der Waals surface area contributed by atoms with Crippen LogP contribution in [0.4, 0.5) is 4.79 Å². The van der Waals surface area contributed by atoms with Gasteiger partial charge < -0.3 is 24.2 Å². The second-order valence-electron chi connectivity index (χ2n) is 13.2. The number of hydrogen-bond donors (Lipinski definition) is 1. The molecule has 2 heterocycles. The topological polar surface area (TPSA) is 103 Å². The van der Waals surface area contributed by atoms with E-state index in [2.05, 4.69) is 68.4 Å². The highest BCUT2D eigenvalue weighted by Gasteiger charge is 2.22. The van der Waals surface area contributed by atoms with Crippen molar-refractivity contribution in [2.45, 2.75) is 72.1 Å². The Bertz CT molecular complexity index is 1810. The maximum Gasteiger partial charge on any atom is 0.410 e. The van der Waals surface area contributed by atoms with E-state index in [1.807, 2.05) is 23.0 Å². The van der Waals surface area contributed by atoms with Crippen molar-refractivity contribution in [2.24, 2.45) is 0 Å². The first kappa shape index (κ1) is 35.4. The minimum absolute atomic E-state index is 0.0322. The number of carboxylic acid groups (broad SMARTS) is 1. The first-order valence-electron chi connectivity index (χ1n) is 17.0. The Morgan fingerprint density at radius 3 is 2.49 bits per heavy atom. The zero-order valence-corrected chi connectivity index (χ0v) is 29.1. The van der Waals surface area contributed by atoms with E-state index in [1.165, 1.54) is 27.7 Å². The second-order valence-corrected chi connectivity index (χ2v) is 13.2. The van der Waals surface area contributed by atoms with Gasteiger partial charge in [-0.3, -0.25) is 0 Å². The molecule has 9 heteroatoms. The number of aliphatic carboxylic acids is 1. The lowest BCUT2D eigenvalue weighted by atomic mass is 9.86. The number of carboxylic acids is 1. The van der Waals surface area contributed by atoms with Crippen LogP contribution in [0.3, 0.4) is 0 Å². The molecule has 0 aliphatic carbocycles. The summed E-state index contributed by atoms with van der Waals surface area (Å²) in [5.41, 5.74) is 7.37. The van der Waals surface area contributed by atoms with E-state index in [4.69, 9.17) is 24.4 Å². The number of nitrogens with zero attached hydrogens (tertiary/aromatic N) is 3. The Hall–Kier alpha value is -4.89. The molecule has 0 saturated carbocycles. The van der Waals surface area contributed by atoms with Crippen LogP contribution in [0.5, 0.6) is 5.75 Å². The summed E-state index contributed by atoms with van der Waals surface area (Å²) in [6.45, 7) is 11.0. The molecule has 258 valence electrons. The predicted octanol–water partition coefficient (Wildman–Crippen LogP) is 8.67. The SMILES string of the molecule is CCC(=C(c1ccc(OCCN(CC=CC(=O)O)C(=O)OC(C)(C)C)cc1)c1ccc2c(cnn2C2CCCCO2)c1)c1ccccc1C. The molecule has 1 aliphatic heterocycles. The first-order chi connectivity index (χ1) is 23.5. The number of allylic oxidation sites excluding steroid dienone is 1. The van der Waals surface area contributed by atoms with Crippen molar-refractivity contribution in [1.29, 1.82) is 0 Å². The molecule has 3 aromatic carbocycles. The summed E-state index contributed by atoms with van der Waals surface area (Å²) in [7, 11) is 0. The van der Waals surface area contributed by atoms with Gasteiger partial charge in [0.2, 0.25) is 0 Å². The van der Waals surface area contributed by atoms with Gasteiger partial charge in [-0.25, -0.2) is 14.3 Å². The number of carbonyl (C=O) groups is 2. The molecule has 5 rings (SSSR count). The van der Waals surface area contributed by atoms with Crippen LogP contribution < -0.4 is 4.74 Å². The standard InChI is InChI=1S/C40H47N3O6/c1-6-33(34-13-8-7-12-28(34)2)38(30-18-21-35-31(26-30)27-41-43(35)36-14-9-10-24-48-36)29-16-19-32(20-17-29)47-25-23-42(22-11-15-37(44)45)39(46)49-40(3,4)5/h7-8,11-13,15-21,26-27,36H,6,9-10,14,22-25H2,1-5H3,(H,44,45). The van der Waals surface area contributed by atoms with Crippen molar-refractivity contribution in [2.75, 3.05) is 26.3 Å². The fourth-order valence-corrected chi connectivity index (χ4v) is 6.14. The highest BCUT2D eigenvalue weighted by Crippen LogP contribution is 2.38. The quantitative estimate of drug-likeness (QED) is 0.119. The third kappa shape index (κ3) is 9.18. The van der Waals surface area contributed by atoms with Crippen molar-refractivity contribution in [1.82, 2.24) is 14.7 Å². The molecule has 1 unspecified atom stereocenters. The lowest BCUT2D eigenvalue weighted by Crippen LogP contribution is -2.39. The molecule has 1 atom stereocenters. The highest BCUT2D eigenvalue weighted by atomic mass is 16.6. The molecule has 1 amide bonds. The molecule has 0 spiro atoms. The molecule has 1 aromatic heterocycles. The van der Waals surface area contributed by atoms with Crippen LogP contribution in [0.1, 0.15) is 81.9 Å². The van der Waals surface area contributed by atoms with Crippen LogP contribution in [0.25, 0.3) is 22.0 Å².